The van der Waals surface area contributed by atoms with Crippen molar-refractivity contribution >= 4 is 17.6 Å². The van der Waals surface area contributed by atoms with Crippen LogP contribution in [-0.2, 0) is 22.4 Å². The number of amides is 2. The molecule has 2 aliphatic carbocycles. The number of nitrogen functional groups attached to an aromatic ring is 1. The van der Waals surface area contributed by atoms with Crippen molar-refractivity contribution in [3.05, 3.63) is 59.0 Å². The van der Waals surface area contributed by atoms with Gasteiger partial charge in [0, 0.05) is 11.7 Å². The van der Waals surface area contributed by atoms with Crippen LogP contribution in [0.1, 0.15) is 48.5 Å². The lowest BCUT2D eigenvalue weighted by molar-refractivity contribution is -0.141. The molecule has 2 aliphatic heterocycles. The van der Waals surface area contributed by atoms with Gasteiger partial charge in [-0.05, 0) is 86.2 Å². The number of carbonyl (C=O) groups excluding carboxylic acids is 2. The van der Waals surface area contributed by atoms with Crippen LogP contribution in [0.5, 0.6) is 0 Å². The summed E-state index contributed by atoms with van der Waals surface area (Å²) in [6, 6.07) is 9.76. The molecule has 34 heavy (non-hydrogen) atoms. The lowest BCUT2D eigenvalue weighted by atomic mass is 9.96. The minimum atomic E-state index is -0.403. The quantitative estimate of drug-likeness (QED) is 0.631. The summed E-state index contributed by atoms with van der Waals surface area (Å²) in [5, 5.41) is 6.58. The zero-order valence-electron chi connectivity index (χ0n) is 19.0. The molecule has 8 heteroatoms. The molecule has 6 rings (SSSR count). The van der Waals surface area contributed by atoms with E-state index in [1.807, 2.05) is 23.1 Å². The van der Waals surface area contributed by atoms with Crippen molar-refractivity contribution in [2.24, 2.45) is 11.8 Å². The Labute approximate surface area is 198 Å². The first kappa shape index (κ1) is 21.5. The minimum absolute atomic E-state index is 0.0491. The zero-order valence-corrected chi connectivity index (χ0v) is 19.0. The van der Waals surface area contributed by atoms with Crippen LogP contribution in [0.2, 0.25) is 0 Å². The highest BCUT2D eigenvalue weighted by molar-refractivity contribution is 5.91. The van der Waals surface area contributed by atoms with Gasteiger partial charge in [0.1, 0.15) is 17.7 Å². The number of piperidine rings is 1. The predicted molar refractivity (Wildman–Crippen MR) is 125 cm³/mol. The molecule has 1 saturated carbocycles. The Bertz CT molecular complexity index is 1120. The van der Waals surface area contributed by atoms with Crippen LogP contribution in [0.4, 0.5) is 10.2 Å². The molecule has 7 nitrogen and oxygen atoms in total. The van der Waals surface area contributed by atoms with E-state index < -0.39 is 6.04 Å². The average Bonchev–Trinajstić information content (AvgIpc) is 3.15. The Morgan fingerprint density at radius 3 is 2.79 bits per heavy atom. The van der Waals surface area contributed by atoms with Gasteiger partial charge in [-0.3, -0.25) is 9.59 Å². The Kier molecular flexibility index (Phi) is 5.28. The van der Waals surface area contributed by atoms with Crippen molar-refractivity contribution in [1.82, 2.24) is 20.5 Å². The van der Waals surface area contributed by atoms with E-state index in [1.54, 1.807) is 6.07 Å². The van der Waals surface area contributed by atoms with E-state index in [1.165, 1.54) is 12.1 Å². The fourth-order valence-corrected chi connectivity index (χ4v) is 6.19. The smallest absolute Gasteiger partial charge is 0.243 e. The molecule has 1 aromatic heterocycles. The number of fused-ring (bicyclic) bond motifs is 2. The maximum atomic E-state index is 13.5. The zero-order chi connectivity index (χ0) is 23.4. The summed E-state index contributed by atoms with van der Waals surface area (Å²) in [4.78, 5) is 33.1. The van der Waals surface area contributed by atoms with E-state index in [2.05, 4.69) is 15.6 Å². The standard InChI is InChI=1S/C26H30FN5O2/c27-17-3-1-14(2-4-17)9-15-10-21(29-13-15)26(34)32-22-11-16(22)12-23(32)25(33)31-20-7-6-19-18(20)5-8-24(28)30-19/h1-5,8,15-16,20-23,29H,6-7,9-13H2,(H2,28,30)(H,31,33)/t15-,16-,20?,21+,22-,23-/m0/s1. The normalized spacial score (nSPS) is 31.3. The highest BCUT2D eigenvalue weighted by Crippen LogP contribution is 2.48. The van der Waals surface area contributed by atoms with Crippen molar-refractivity contribution < 1.29 is 14.0 Å². The van der Waals surface area contributed by atoms with Gasteiger partial charge in [0.05, 0.1) is 12.1 Å². The summed E-state index contributed by atoms with van der Waals surface area (Å²) in [5.74, 6) is 1.01. The summed E-state index contributed by atoms with van der Waals surface area (Å²) in [6.45, 7) is 0.752. The fraction of sp³-hybridized carbons (Fsp3) is 0.500. The SMILES string of the molecule is Nc1ccc2c(n1)CCC2NC(=O)[C@@H]1C[C@@H]2C[C@@H]2N1C(=O)[C@H]1C[C@H](Cc2ccc(F)cc2)CN1. The third kappa shape index (κ3) is 3.94. The molecule has 1 unspecified atom stereocenters. The lowest BCUT2D eigenvalue weighted by Gasteiger charge is -2.30. The second-order valence-electron chi connectivity index (χ2n) is 10.3. The maximum Gasteiger partial charge on any atom is 0.243 e. The molecule has 0 spiro atoms. The van der Waals surface area contributed by atoms with Crippen LogP contribution >= 0.6 is 0 Å². The first-order chi connectivity index (χ1) is 16.5. The van der Waals surface area contributed by atoms with Crippen LogP contribution in [0.3, 0.4) is 0 Å². The summed E-state index contributed by atoms with van der Waals surface area (Å²) in [6.07, 6.45) is 4.89. The number of rotatable bonds is 5. The van der Waals surface area contributed by atoms with Gasteiger partial charge >= 0.3 is 0 Å². The number of nitrogens with one attached hydrogen (secondary N) is 2. The summed E-state index contributed by atoms with van der Waals surface area (Å²) in [5.41, 5.74) is 8.87. The van der Waals surface area contributed by atoms with Crippen LogP contribution in [0.15, 0.2) is 36.4 Å². The number of pyridine rings is 1. The molecule has 3 heterocycles. The lowest BCUT2D eigenvalue weighted by Crippen LogP contribution is -2.53. The summed E-state index contributed by atoms with van der Waals surface area (Å²) < 4.78 is 13.2. The fourth-order valence-electron chi connectivity index (χ4n) is 6.19. The van der Waals surface area contributed by atoms with Crippen LogP contribution in [0.25, 0.3) is 0 Å². The van der Waals surface area contributed by atoms with Crippen LogP contribution in [-0.4, -0.2) is 46.4 Å². The minimum Gasteiger partial charge on any atom is -0.384 e. The largest absolute Gasteiger partial charge is 0.384 e. The number of nitrogens with two attached hydrogens (primary N) is 1. The topological polar surface area (TPSA) is 100 Å². The third-order valence-electron chi connectivity index (χ3n) is 8.01. The molecule has 0 bridgehead atoms. The second kappa shape index (κ2) is 8.34. The van der Waals surface area contributed by atoms with Gasteiger partial charge in [0.25, 0.3) is 0 Å². The van der Waals surface area contributed by atoms with Crippen molar-refractivity contribution in [3.63, 3.8) is 0 Å². The Hall–Kier alpha value is -3.00. The summed E-state index contributed by atoms with van der Waals surface area (Å²) in [7, 11) is 0. The maximum absolute atomic E-state index is 13.5. The first-order valence-corrected chi connectivity index (χ1v) is 12.3. The number of aryl methyl sites for hydroxylation is 1. The number of hydrogen-bond donors (Lipinski definition) is 3. The van der Waals surface area contributed by atoms with E-state index in [9.17, 15) is 14.0 Å². The van der Waals surface area contributed by atoms with Gasteiger partial charge in [0.15, 0.2) is 0 Å². The molecule has 0 radical (unpaired) electrons. The average molecular weight is 464 g/mol. The molecule has 2 amide bonds. The molecule has 2 saturated heterocycles. The molecule has 6 atom stereocenters. The molecule has 3 fully saturated rings. The number of halogens is 1. The van der Waals surface area contributed by atoms with Crippen molar-refractivity contribution in [3.8, 4) is 0 Å². The van der Waals surface area contributed by atoms with Crippen molar-refractivity contribution in [2.45, 2.75) is 62.7 Å². The van der Waals surface area contributed by atoms with Crippen molar-refractivity contribution in [1.29, 1.82) is 0 Å². The van der Waals surface area contributed by atoms with Gasteiger partial charge in [-0.25, -0.2) is 9.37 Å². The first-order valence-electron chi connectivity index (χ1n) is 12.3. The Morgan fingerprint density at radius 2 is 1.97 bits per heavy atom. The number of aromatic nitrogens is 1. The molecular weight excluding hydrogens is 433 g/mol. The van der Waals surface area contributed by atoms with Gasteiger partial charge in [-0.15, -0.1) is 0 Å². The van der Waals surface area contributed by atoms with Crippen LogP contribution in [0, 0.1) is 17.7 Å². The van der Waals surface area contributed by atoms with E-state index in [4.69, 9.17) is 5.73 Å². The van der Waals surface area contributed by atoms with Crippen LogP contribution < -0.4 is 16.4 Å². The monoisotopic (exact) mass is 463 g/mol. The third-order valence-corrected chi connectivity index (χ3v) is 8.01. The number of anilines is 1. The molecule has 4 aliphatic rings. The number of nitrogens with zero attached hydrogens (tertiary/aromatic N) is 2. The highest BCUT2D eigenvalue weighted by Gasteiger charge is 2.57. The molecule has 1 aromatic carbocycles. The van der Waals surface area contributed by atoms with Gasteiger partial charge in [-0.1, -0.05) is 18.2 Å². The van der Waals surface area contributed by atoms with E-state index >= 15 is 0 Å². The van der Waals surface area contributed by atoms with Gasteiger partial charge in [0.2, 0.25) is 11.8 Å². The Morgan fingerprint density at radius 1 is 1.15 bits per heavy atom. The second-order valence-corrected chi connectivity index (χ2v) is 10.3. The number of likely N-dealkylation sites (tertiary alicyclic amines) is 1. The number of hydrogen-bond acceptors (Lipinski definition) is 5. The summed E-state index contributed by atoms with van der Waals surface area (Å²) >= 11 is 0. The molecule has 4 N–H and O–H groups in total. The number of benzene rings is 1. The molecular formula is C26H30FN5O2. The Balaban J connectivity index is 1.10. The van der Waals surface area contributed by atoms with Gasteiger partial charge < -0.3 is 21.3 Å². The van der Waals surface area contributed by atoms with Gasteiger partial charge in [-0.2, -0.15) is 0 Å². The van der Waals surface area contributed by atoms with Crippen molar-refractivity contribution in [2.75, 3.05) is 12.3 Å². The van der Waals surface area contributed by atoms with E-state index in [0.29, 0.717) is 17.7 Å². The predicted octanol–water partition coefficient (Wildman–Crippen LogP) is 2.12. The molecule has 2 aromatic rings. The van der Waals surface area contributed by atoms with E-state index in [0.717, 1.165) is 61.9 Å². The van der Waals surface area contributed by atoms with E-state index in [-0.39, 0.29) is 35.8 Å². The highest BCUT2D eigenvalue weighted by atomic mass is 19.1. The molecule has 178 valence electrons. The number of carbonyl (C=O) groups is 2.